The van der Waals surface area contributed by atoms with Crippen molar-refractivity contribution in [3.63, 3.8) is 0 Å². The molecular weight excluding hydrogens is 1040 g/mol. The first-order valence-electron chi connectivity index (χ1n) is 26.9. The largest absolute Gasteiger partial charge is 0.508 e. The maximum absolute atomic E-state index is 17.3. The summed E-state index contributed by atoms with van der Waals surface area (Å²) in [5.41, 5.74) is 4.13. The van der Waals surface area contributed by atoms with Crippen LogP contribution in [0.1, 0.15) is 89.1 Å². The first-order valence-corrected chi connectivity index (χ1v) is 28.2. The van der Waals surface area contributed by atoms with Gasteiger partial charge in [-0.25, -0.2) is 13.8 Å². The zero-order chi connectivity index (χ0) is 55.0. The Hall–Kier alpha value is -6.49. The average Bonchev–Trinajstić information content (AvgIpc) is 4.18. The molecule has 0 radical (unpaired) electrons. The first kappa shape index (κ1) is 54.8. The molecule has 6 aromatic rings. The van der Waals surface area contributed by atoms with Crippen molar-refractivity contribution in [3.8, 4) is 45.7 Å². The summed E-state index contributed by atoms with van der Waals surface area (Å²) in [6.45, 7) is 13.8. The SMILES string of the molecule is C#Cc1c(F)ccc2cc(O)cc(-c3c(Cl)cc4c(N5CC6CCC(C5)N6)nc(OCCN5CCC(COCC(=O)N[C@H](C(=O)N6CCC[C@H]6C(=O)N[C@@H](C)c6ccc(-c7scnc7C)cc6)C(C)(C)C)CC5)nc4c3F)c12. The number of carbonyl (C=O) groups excluding carboxylic acids is 3. The van der Waals surface area contributed by atoms with Gasteiger partial charge >= 0.3 is 6.01 Å². The topological polar surface area (TPSA) is 174 Å². The molecule has 0 spiro atoms. The van der Waals surface area contributed by atoms with E-state index in [2.05, 4.69) is 41.6 Å². The lowest BCUT2D eigenvalue weighted by Crippen LogP contribution is -2.58. The van der Waals surface area contributed by atoms with E-state index in [-0.39, 0.29) is 93.4 Å². The number of amides is 3. The number of aromatic nitrogens is 3. The van der Waals surface area contributed by atoms with Gasteiger partial charge in [0.25, 0.3) is 0 Å². The zero-order valence-corrected chi connectivity index (χ0v) is 46.2. The van der Waals surface area contributed by atoms with Gasteiger partial charge in [-0.3, -0.25) is 19.3 Å². The summed E-state index contributed by atoms with van der Waals surface area (Å²) >= 11 is 8.54. The van der Waals surface area contributed by atoms with Crippen molar-refractivity contribution < 1.29 is 37.7 Å². The number of terminal acetylenes is 1. The van der Waals surface area contributed by atoms with Gasteiger partial charge in [-0.1, -0.05) is 68.6 Å². The van der Waals surface area contributed by atoms with E-state index >= 15 is 8.78 Å². The molecule has 0 aliphatic carbocycles. The van der Waals surface area contributed by atoms with E-state index in [9.17, 15) is 19.5 Å². The Morgan fingerprint density at radius 1 is 0.987 bits per heavy atom. The number of thiazole rings is 1. The van der Waals surface area contributed by atoms with Gasteiger partial charge < -0.3 is 40.3 Å². The fourth-order valence-corrected chi connectivity index (χ4v) is 12.7. The number of piperazine rings is 1. The van der Waals surface area contributed by atoms with Crippen molar-refractivity contribution in [2.45, 2.75) is 103 Å². The molecule has 2 aromatic heterocycles. The number of aromatic hydroxyl groups is 1. The van der Waals surface area contributed by atoms with Crippen LogP contribution in [0.2, 0.25) is 5.02 Å². The highest BCUT2D eigenvalue weighted by molar-refractivity contribution is 7.13. The molecule has 4 N–H and O–H groups in total. The van der Waals surface area contributed by atoms with Crippen LogP contribution in [0.5, 0.6) is 11.8 Å². The number of carbonyl (C=O) groups is 3. The number of phenolic OH excluding ortho intramolecular Hbond substituents is 1. The third kappa shape index (κ3) is 11.6. The van der Waals surface area contributed by atoms with Crippen LogP contribution in [0.3, 0.4) is 0 Å². The van der Waals surface area contributed by atoms with Gasteiger partial charge in [0.05, 0.1) is 39.3 Å². The smallest absolute Gasteiger partial charge is 0.319 e. The standard InChI is InChI=1S/C59H66ClF2N9O6S/c1-7-42-46(61)17-14-38-25-41(72)26-43(49(38)42)50-45(60)27-44-52(51(50)62)67-58(68-55(44)70-28-39-15-16-40(29-70)65-39)77-24-23-69-21-18-35(19-22-69)30-76-31-48(73)66-54(59(4,5)6)57(75)71-20-8-9-47(71)56(74)64-33(2)36-10-12-37(13-11-36)53-34(3)63-32-78-53/h1,10-14,17,25-27,32-33,35,39-40,47,54,65,72H,8-9,15-16,18-24,28-31H2,2-6H3,(H,64,74)(H,66,73)/t33-,39?,40?,47-,54+/m0/s1. The predicted molar refractivity (Wildman–Crippen MR) is 300 cm³/mol. The first-order chi connectivity index (χ1) is 37.4. The van der Waals surface area contributed by atoms with E-state index in [1.54, 1.807) is 22.3 Å². The Kier molecular flexibility index (Phi) is 16.2. The molecule has 3 amide bonds. The van der Waals surface area contributed by atoms with Gasteiger partial charge in [0.15, 0.2) is 5.82 Å². The van der Waals surface area contributed by atoms with E-state index in [1.165, 1.54) is 24.3 Å². The number of anilines is 1. The molecule has 15 nitrogen and oxygen atoms in total. The van der Waals surface area contributed by atoms with Crippen LogP contribution < -0.4 is 25.6 Å². The molecule has 4 aromatic carbocycles. The number of aryl methyl sites for hydroxylation is 1. The monoisotopic (exact) mass is 1100 g/mol. The third-order valence-electron chi connectivity index (χ3n) is 15.8. The molecule has 19 heteroatoms. The molecule has 5 atom stereocenters. The minimum Gasteiger partial charge on any atom is -0.508 e. The van der Waals surface area contributed by atoms with Crippen LogP contribution in [-0.4, -0.2) is 131 Å². The Labute approximate surface area is 462 Å². The van der Waals surface area contributed by atoms with Crippen molar-refractivity contribution in [2.75, 3.05) is 64.0 Å². The lowest BCUT2D eigenvalue weighted by atomic mass is 9.85. The Bertz CT molecular complexity index is 3270. The molecule has 2 bridgehead atoms. The van der Waals surface area contributed by atoms with Crippen LogP contribution in [0, 0.1) is 42.2 Å². The quantitative estimate of drug-likeness (QED) is 0.0679. The number of hydrogen-bond acceptors (Lipinski definition) is 13. The van der Waals surface area contributed by atoms with Crippen molar-refractivity contribution >= 4 is 68.2 Å². The van der Waals surface area contributed by atoms with Gasteiger partial charge in [-0.15, -0.1) is 17.8 Å². The molecular formula is C59H66ClF2N9O6S. The summed E-state index contributed by atoms with van der Waals surface area (Å²) in [6, 6.07) is 13.9. The van der Waals surface area contributed by atoms with Crippen LogP contribution in [-0.2, 0) is 19.1 Å². The number of rotatable bonds is 16. The second-order valence-corrected chi connectivity index (χ2v) is 23.6. The minimum atomic E-state index is -0.869. The number of hydrogen-bond donors (Lipinski definition) is 4. The number of halogens is 3. The summed E-state index contributed by atoms with van der Waals surface area (Å²) in [7, 11) is 0. The molecule has 6 heterocycles. The molecule has 4 aliphatic heterocycles. The van der Waals surface area contributed by atoms with Crippen molar-refractivity contribution in [2.24, 2.45) is 11.3 Å². The van der Waals surface area contributed by atoms with Crippen molar-refractivity contribution in [3.05, 3.63) is 93.6 Å². The fourth-order valence-electron chi connectivity index (χ4n) is 11.6. The van der Waals surface area contributed by atoms with Crippen LogP contribution in [0.15, 0.2) is 60.1 Å². The highest BCUT2D eigenvalue weighted by atomic mass is 35.5. The third-order valence-corrected chi connectivity index (χ3v) is 17.1. The molecule has 10 rings (SSSR count). The highest BCUT2D eigenvalue weighted by Crippen LogP contribution is 2.44. The number of piperidine rings is 1. The molecule has 4 saturated heterocycles. The van der Waals surface area contributed by atoms with Gasteiger partial charge in [0.1, 0.15) is 48.2 Å². The van der Waals surface area contributed by atoms with E-state index in [1.807, 2.05) is 64.4 Å². The Morgan fingerprint density at radius 3 is 2.42 bits per heavy atom. The number of likely N-dealkylation sites (tertiary alicyclic amines) is 2. The van der Waals surface area contributed by atoms with Crippen LogP contribution >= 0.6 is 22.9 Å². The summed E-state index contributed by atoms with van der Waals surface area (Å²) < 4.78 is 44.6. The predicted octanol–water partition coefficient (Wildman–Crippen LogP) is 8.95. The van der Waals surface area contributed by atoms with E-state index in [0.29, 0.717) is 62.2 Å². The number of nitrogens with one attached hydrogen (secondary N) is 3. The molecule has 410 valence electrons. The number of benzene rings is 4. The van der Waals surface area contributed by atoms with Gasteiger partial charge in [-0.05, 0) is 123 Å². The number of fused-ring (bicyclic) bond motifs is 4. The van der Waals surface area contributed by atoms with E-state index < -0.39 is 35.0 Å². The number of phenols is 1. The Balaban J connectivity index is 0.731. The van der Waals surface area contributed by atoms with E-state index in [4.69, 9.17) is 32.5 Å². The summed E-state index contributed by atoms with van der Waals surface area (Å²) in [4.78, 5) is 62.3. The normalized spacial score (nSPS) is 19.8. The molecule has 78 heavy (non-hydrogen) atoms. The summed E-state index contributed by atoms with van der Waals surface area (Å²) in [5, 5.41) is 21.5. The molecule has 4 aliphatic rings. The van der Waals surface area contributed by atoms with E-state index in [0.717, 1.165) is 60.5 Å². The lowest BCUT2D eigenvalue weighted by molar-refractivity contribution is -0.144. The molecule has 4 fully saturated rings. The lowest BCUT2D eigenvalue weighted by Gasteiger charge is -2.35. The molecule has 2 unspecified atom stereocenters. The second kappa shape index (κ2) is 23.1. The highest BCUT2D eigenvalue weighted by Gasteiger charge is 2.42. The summed E-state index contributed by atoms with van der Waals surface area (Å²) in [6.07, 6.45) is 10.7. The zero-order valence-electron chi connectivity index (χ0n) is 44.6. The van der Waals surface area contributed by atoms with Gasteiger partial charge in [-0.2, -0.15) is 9.97 Å². The van der Waals surface area contributed by atoms with Crippen LogP contribution in [0.25, 0.3) is 43.2 Å². The van der Waals surface area contributed by atoms with Crippen molar-refractivity contribution in [1.82, 2.24) is 40.7 Å². The van der Waals surface area contributed by atoms with Gasteiger partial charge in [0, 0.05) is 54.6 Å². The van der Waals surface area contributed by atoms with Gasteiger partial charge in [0.2, 0.25) is 17.7 Å². The molecule has 0 saturated carbocycles. The van der Waals surface area contributed by atoms with Crippen molar-refractivity contribution in [1.29, 1.82) is 0 Å². The van der Waals surface area contributed by atoms with Crippen LogP contribution in [0.4, 0.5) is 14.6 Å². The summed E-state index contributed by atoms with van der Waals surface area (Å²) in [5.74, 6) is 0.584. The Morgan fingerprint density at radius 2 is 1.73 bits per heavy atom. The fraction of sp³-hybridized carbons (Fsp3) is 0.458. The number of ether oxygens (including phenoxy) is 2. The maximum atomic E-state index is 17.3. The second-order valence-electron chi connectivity index (χ2n) is 22.3. The minimum absolute atomic E-state index is 0.000231. The number of nitrogens with zero attached hydrogens (tertiary/aromatic N) is 6. The average molecular weight is 1100 g/mol. The maximum Gasteiger partial charge on any atom is 0.319 e.